The van der Waals surface area contributed by atoms with Crippen molar-refractivity contribution in [2.45, 2.75) is 13.8 Å². The van der Waals surface area contributed by atoms with E-state index in [0.717, 1.165) is 15.9 Å². The number of nitrogens with zero attached hydrogens (tertiary/aromatic N) is 1. The zero-order valence-corrected chi connectivity index (χ0v) is 9.89. The first-order chi connectivity index (χ1) is 7.63. The van der Waals surface area contributed by atoms with Gasteiger partial charge in [0.2, 0.25) is 0 Å². The fourth-order valence-electron chi connectivity index (χ4n) is 1.57. The Kier molecular flexibility index (Phi) is 2.78. The molecular formula is C11H12N2O2S. The van der Waals surface area contributed by atoms with Crippen LogP contribution in [0.3, 0.4) is 0 Å². The Bertz CT molecular complexity index is 548. The van der Waals surface area contributed by atoms with Gasteiger partial charge in [-0.05, 0) is 26.0 Å². The Morgan fingerprint density at radius 1 is 1.56 bits per heavy atom. The molecule has 0 aliphatic carbocycles. The van der Waals surface area contributed by atoms with E-state index in [2.05, 4.69) is 10.3 Å². The van der Waals surface area contributed by atoms with Crippen molar-refractivity contribution in [2.24, 2.45) is 0 Å². The molecule has 2 rings (SSSR count). The largest absolute Gasteiger partial charge is 0.477 e. The molecule has 16 heavy (non-hydrogen) atoms. The summed E-state index contributed by atoms with van der Waals surface area (Å²) in [5.74, 6) is -0.906. The van der Waals surface area contributed by atoms with Crippen molar-refractivity contribution >= 4 is 33.2 Å². The number of nitrogens with one attached hydrogen (secondary N) is 1. The molecule has 0 aliphatic heterocycles. The highest BCUT2D eigenvalue weighted by atomic mass is 32.1. The van der Waals surface area contributed by atoms with Crippen molar-refractivity contribution in [3.05, 3.63) is 22.7 Å². The molecule has 5 heteroatoms. The number of carboxylic acid groups (broad SMARTS) is 1. The third kappa shape index (κ3) is 1.74. The van der Waals surface area contributed by atoms with Gasteiger partial charge in [-0.1, -0.05) is 0 Å². The minimum Gasteiger partial charge on any atom is -0.477 e. The number of thiophene rings is 1. The van der Waals surface area contributed by atoms with Gasteiger partial charge >= 0.3 is 5.97 Å². The molecule has 2 aromatic heterocycles. The SMILES string of the molecule is CCNc1c(C(=O)O)sc2nc(C)ccc12. The highest BCUT2D eigenvalue weighted by Crippen LogP contribution is 2.34. The zero-order valence-electron chi connectivity index (χ0n) is 9.07. The highest BCUT2D eigenvalue weighted by molar-refractivity contribution is 7.21. The van der Waals surface area contributed by atoms with Crippen LogP contribution in [0.4, 0.5) is 5.69 Å². The van der Waals surface area contributed by atoms with Gasteiger partial charge in [-0.2, -0.15) is 0 Å². The summed E-state index contributed by atoms with van der Waals surface area (Å²) in [5, 5.41) is 13.1. The van der Waals surface area contributed by atoms with E-state index in [-0.39, 0.29) is 0 Å². The second-order valence-corrected chi connectivity index (χ2v) is 4.45. The number of anilines is 1. The van der Waals surface area contributed by atoms with E-state index in [1.54, 1.807) is 0 Å². The normalized spacial score (nSPS) is 10.6. The van der Waals surface area contributed by atoms with E-state index in [4.69, 9.17) is 5.11 Å². The maximum absolute atomic E-state index is 11.1. The third-order valence-corrected chi connectivity index (χ3v) is 3.33. The summed E-state index contributed by atoms with van der Waals surface area (Å²) >= 11 is 1.21. The van der Waals surface area contributed by atoms with Gasteiger partial charge in [0.05, 0.1) is 5.69 Å². The van der Waals surface area contributed by atoms with E-state index >= 15 is 0 Å². The second kappa shape index (κ2) is 4.09. The molecule has 2 N–H and O–H groups in total. The van der Waals surface area contributed by atoms with Crippen molar-refractivity contribution in [2.75, 3.05) is 11.9 Å². The Hall–Kier alpha value is -1.62. The first-order valence-electron chi connectivity index (χ1n) is 5.00. The Morgan fingerprint density at radius 3 is 2.94 bits per heavy atom. The summed E-state index contributed by atoms with van der Waals surface area (Å²) in [6.07, 6.45) is 0. The van der Waals surface area contributed by atoms with Crippen LogP contribution in [0.5, 0.6) is 0 Å². The van der Waals surface area contributed by atoms with E-state index in [9.17, 15) is 4.79 Å². The van der Waals surface area contributed by atoms with Gasteiger partial charge in [0, 0.05) is 17.6 Å². The van der Waals surface area contributed by atoms with Gasteiger partial charge in [-0.15, -0.1) is 11.3 Å². The number of carbonyl (C=O) groups is 1. The van der Waals surface area contributed by atoms with E-state index in [0.29, 0.717) is 17.1 Å². The van der Waals surface area contributed by atoms with Crippen LogP contribution in [0.25, 0.3) is 10.2 Å². The zero-order chi connectivity index (χ0) is 11.7. The monoisotopic (exact) mass is 236 g/mol. The van der Waals surface area contributed by atoms with Gasteiger partial charge in [0.25, 0.3) is 0 Å². The minimum absolute atomic E-state index is 0.329. The van der Waals surface area contributed by atoms with Gasteiger partial charge in [0.1, 0.15) is 9.71 Å². The molecule has 0 saturated carbocycles. The second-order valence-electron chi connectivity index (χ2n) is 3.45. The molecule has 0 spiro atoms. The van der Waals surface area contributed by atoms with Crippen molar-refractivity contribution < 1.29 is 9.90 Å². The lowest BCUT2D eigenvalue weighted by molar-refractivity contribution is 0.0703. The van der Waals surface area contributed by atoms with Gasteiger partial charge in [-0.3, -0.25) is 0 Å². The minimum atomic E-state index is -0.906. The molecule has 0 atom stereocenters. The van der Waals surface area contributed by atoms with E-state index < -0.39 is 5.97 Å². The molecule has 0 bridgehead atoms. The van der Waals surface area contributed by atoms with Crippen molar-refractivity contribution in [1.29, 1.82) is 0 Å². The van der Waals surface area contributed by atoms with Crippen molar-refractivity contribution in [3.8, 4) is 0 Å². The van der Waals surface area contributed by atoms with E-state index in [1.807, 2.05) is 26.0 Å². The first-order valence-corrected chi connectivity index (χ1v) is 5.82. The Labute approximate surface area is 96.9 Å². The number of pyridine rings is 1. The average molecular weight is 236 g/mol. The van der Waals surface area contributed by atoms with E-state index in [1.165, 1.54) is 11.3 Å². The molecule has 0 aromatic carbocycles. The van der Waals surface area contributed by atoms with Crippen LogP contribution in [-0.2, 0) is 0 Å². The molecular weight excluding hydrogens is 224 g/mol. The third-order valence-electron chi connectivity index (χ3n) is 2.24. The van der Waals surface area contributed by atoms with Crippen LogP contribution in [0, 0.1) is 6.92 Å². The summed E-state index contributed by atoms with van der Waals surface area (Å²) < 4.78 is 0. The number of carboxylic acids is 1. The molecule has 0 fully saturated rings. The molecule has 0 unspecified atom stereocenters. The maximum Gasteiger partial charge on any atom is 0.348 e. The molecule has 0 aliphatic rings. The molecule has 0 saturated heterocycles. The quantitative estimate of drug-likeness (QED) is 0.860. The molecule has 0 amide bonds. The van der Waals surface area contributed by atoms with Crippen LogP contribution in [0.1, 0.15) is 22.3 Å². The number of aromatic nitrogens is 1. The molecule has 4 nitrogen and oxygen atoms in total. The summed E-state index contributed by atoms with van der Waals surface area (Å²) in [6.45, 7) is 4.53. The summed E-state index contributed by atoms with van der Waals surface area (Å²) in [7, 11) is 0. The Morgan fingerprint density at radius 2 is 2.31 bits per heavy atom. The number of fused-ring (bicyclic) bond motifs is 1. The average Bonchev–Trinajstić information content (AvgIpc) is 2.57. The maximum atomic E-state index is 11.1. The molecule has 0 radical (unpaired) electrons. The van der Waals surface area contributed by atoms with Crippen molar-refractivity contribution in [3.63, 3.8) is 0 Å². The number of aromatic carboxylic acids is 1. The predicted octanol–water partition coefficient (Wildman–Crippen LogP) is 2.73. The topological polar surface area (TPSA) is 62.2 Å². The lowest BCUT2D eigenvalue weighted by atomic mass is 10.2. The summed E-state index contributed by atoms with van der Waals surface area (Å²) in [6, 6.07) is 3.81. The highest BCUT2D eigenvalue weighted by Gasteiger charge is 2.17. The number of rotatable bonds is 3. The Balaban J connectivity index is 2.70. The van der Waals surface area contributed by atoms with Gasteiger partial charge in [0.15, 0.2) is 0 Å². The molecule has 84 valence electrons. The van der Waals surface area contributed by atoms with Crippen LogP contribution in [0.2, 0.25) is 0 Å². The lowest BCUT2D eigenvalue weighted by Crippen LogP contribution is -2.02. The number of hydrogen-bond donors (Lipinski definition) is 2. The van der Waals surface area contributed by atoms with Crippen LogP contribution in [-0.4, -0.2) is 22.6 Å². The predicted molar refractivity (Wildman–Crippen MR) is 65.5 cm³/mol. The standard InChI is InChI=1S/C11H12N2O2S/c1-3-12-8-7-5-4-6(2)13-10(7)16-9(8)11(14)15/h4-5,12H,3H2,1-2H3,(H,14,15). The van der Waals surface area contributed by atoms with Crippen LogP contribution < -0.4 is 5.32 Å². The lowest BCUT2D eigenvalue weighted by Gasteiger charge is -2.02. The fraction of sp³-hybridized carbons (Fsp3) is 0.273. The van der Waals surface area contributed by atoms with Gasteiger partial charge in [-0.25, -0.2) is 9.78 Å². The van der Waals surface area contributed by atoms with Crippen LogP contribution in [0.15, 0.2) is 12.1 Å². The smallest absolute Gasteiger partial charge is 0.348 e. The summed E-state index contributed by atoms with van der Waals surface area (Å²) in [4.78, 5) is 16.5. The first kappa shape index (κ1) is 10.9. The molecule has 2 heterocycles. The number of aryl methyl sites for hydroxylation is 1. The van der Waals surface area contributed by atoms with Gasteiger partial charge < -0.3 is 10.4 Å². The molecule has 2 aromatic rings. The van der Waals surface area contributed by atoms with Crippen molar-refractivity contribution in [1.82, 2.24) is 4.98 Å². The van der Waals surface area contributed by atoms with Crippen LogP contribution >= 0.6 is 11.3 Å². The summed E-state index contributed by atoms with van der Waals surface area (Å²) in [5.41, 5.74) is 1.58. The number of hydrogen-bond acceptors (Lipinski definition) is 4. The fourth-order valence-corrected chi connectivity index (χ4v) is 2.61.